The van der Waals surface area contributed by atoms with Gasteiger partial charge in [0.1, 0.15) is 0 Å². The third kappa shape index (κ3) is 5.45. The summed E-state index contributed by atoms with van der Waals surface area (Å²) in [4.78, 5) is 12.5. The van der Waals surface area contributed by atoms with Crippen molar-refractivity contribution >= 4 is 23.1 Å². The molecule has 0 saturated heterocycles. The zero-order chi connectivity index (χ0) is 14.1. The van der Waals surface area contributed by atoms with E-state index in [-0.39, 0.29) is 5.91 Å². The monoisotopic (exact) mass is 286 g/mol. The van der Waals surface area contributed by atoms with E-state index in [1.807, 2.05) is 6.92 Å². The van der Waals surface area contributed by atoms with Gasteiger partial charge in [0.15, 0.2) is 0 Å². The quantitative estimate of drug-likeness (QED) is 0.428. The molecule has 1 fully saturated rings. The molecule has 0 radical (unpaired) electrons. The number of carbonyl (C=O) groups excluding carboxylic acids is 1. The highest BCUT2D eigenvalue weighted by molar-refractivity contribution is 7.80. The Morgan fingerprint density at radius 3 is 2.47 bits per heavy atom. The molecular weight excluding hydrogens is 260 g/mol. The van der Waals surface area contributed by atoms with Crippen LogP contribution in [0.2, 0.25) is 0 Å². The van der Waals surface area contributed by atoms with Crippen LogP contribution < -0.4 is 11.1 Å². The zero-order valence-electron chi connectivity index (χ0n) is 11.9. The number of carbonyl (C=O) groups is 1. The summed E-state index contributed by atoms with van der Waals surface area (Å²) < 4.78 is 5.24. The van der Waals surface area contributed by atoms with Crippen molar-refractivity contribution in [2.45, 2.75) is 63.8 Å². The maximum Gasteiger partial charge on any atom is 0.220 e. The lowest BCUT2D eigenvalue weighted by Crippen LogP contribution is -2.56. The molecule has 1 amide bonds. The van der Waals surface area contributed by atoms with Crippen molar-refractivity contribution in [1.29, 1.82) is 0 Å². The molecule has 0 aromatic carbocycles. The predicted octanol–water partition coefficient (Wildman–Crippen LogP) is 2.30. The van der Waals surface area contributed by atoms with Gasteiger partial charge in [-0.15, -0.1) is 0 Å². The minimum Gasteiger partial charge on any atom is -0.391 e. The van der Waals surface area contributed by atoms with Gasteiger partial charge in [-0.2, -0.15) is 0 Å². The van der Waals surface area contributed by atoms with Crippen LogP contribution in [0.5, 0.6) is 0 Å². The van der Waals surface area contributed by atoms with Crippen LogP contribution in [0, 0.1) is 0 Å². The van der Waals surface area contributed by atoms with Crippen molar-refractivity contribution in [3.05, 3.63) is 0 Å². The van der Waals surface area contributed by atoms with Gasteiger partial charge in [-0.3, -0.25) is 4.79 Å². The highest BCUT2D eigenvalue weighted by Gasteiger charge is 2.35. The summed E-state index contributed by atoms with van der Waals surface area (Å²) in [6.45, 7) is 3.27. The Bertz CT molecular complexity index is 300. The molecular formula is C14H26N2O2S. The minimum absolute atomic E-state index is 0.0365. The summed E-state index contributed by atoms with van der Waals surface area (Å²) in [5.41, 5.74) is 5.44. The molecule has 110 valence electrons. The molecule has 0 atom stereocenters. The van der Waals surface area contributed by atoms with Gasteiger partial charge in [0.25, 0.3) is 0 Å². The van der Waals surface area contributed by atoms with Crippen molar-refractivity contribution in [1.82, 2.24) is 5.32 Å². The van der Waals surface area contributed by atoms with E-state index in [0.29, 0.717) is 24.6 Å². The molecule has 0 unspecified atom stereocenters. The van der Waals surface area contributed by atoms with Gasteiger partial charge in [0.2, 0.25) is 5.91 Å². The standard InChI is InChI=1S/C14H26N2O2S/c1-2-18-11-7-8-12(17)16-14(13(15)19)9-5-3-4-6-10-14/h2-11H2,1H3,(H2,15,19)(H,16,17). The molecule has 19 heavy (non-hydrogen) atoms. The molecule has 1 aliphatic carbocycles. The molecule has 3 N–H and O–H groups in total. The third-order valence-corrected chi connectivity index (χ3v) is 4.09. The topological polar surface area (TPSA) is 64.3 Å². The molecule has 1 rings (SSSR count). The summed E-state index contributed by atoms with van der Waals surface area (Å²) in [5.74, 6) is 0.0365. The number of nitrogens with two attached hydrogens (primary N) is 1. The summed E-state index contributed by atoms with van der Waals surface area (Å²) in [6, 6.07) is 0. The van der Waals surface area contributed by atoms with Crippen molar-refractivity contribution in [2.75, 3.05) is 13.2 Å². The fourth-order valence-corrected chi connectivity index (χ4v) is 2.83. The second-order valence-corrected chi connectivity index (χ2v) is 5.65. The van der Waals surface area contributed by atoms with Crippen LogP contribution in [0.4, 0.5) is 0 Å². The Kier molecular flexibility index (Phi) is 7.31. The first-order valence-electron chi connectivity index (χ1n) is 7.29. The van der Waals surface area contributed by atoms with Gasteiger partial charge in [-0.05, 0) is 26.2 Å². The fraction of sp³-hybridized carbons (Fsp3) is 0.857. The predicted molar refractivity (Wildman–Crippen MR) is 81.1 cm³/mol. The molecule has 0 aliphatic heterocycles. The van der Waals surface area contributed by atoms with E-state index in [9.17, 15) is 4.79 Å². The van der Waals surface area contributed by atoms with Crippen molar-refractivity contribution in [2.24, 2.45) is 5.73 Å². The normalized spacial score (nSPS) is 18.6. The Hall–Kier alpha value is -0.680. The molecule has 0 aromatic heterocycles. The number of ether oxygens (including phenoxy) is 1. The molecule has 0 bridgehead atoms. The van der Waals surface area contributed by atoms with Crippen LogP contribution in [0.3, 0.4) is 0 Å². The fourth-order valence-electron chi connectivity index (χ4n) is 2.57. The van der Waals surface area contributed by atoms with Gasteiger partial charge >= 0.3 is 0 Å². The summed E-state index contributed by atoms with van der Waals surface area (Å²) >= 11 is 5.20. The number of hydrogen-bond donors (Lipinski definition) is 2. The number of thiocarbonyl (C=S) groups is 1. The van der Waals surface area contributed by atoms with Crippen LogP contribution >= 0.6 is 12.2 Å². The number of amides is 1. The van der Waals surface area contributed by atoms with Gasteiger partial charge in [-0.25, -0.2) is 0 Å². The maximum absolute atomic E-state index is 12.0. The maximum atomic E-state index is 12.0. The van der Waals surface area contributed by atoms with Crippen LogP contribution in [0.1, 0.15) is 58.3 Å². The highest BCUT2D eigenvalue weighted by atomic mass is 32.1. The molecule has 1 saturated carbocycles. The van der Waals surface area contributed by atoms with Crippen molar-refractivity contribution in [3.63, 3.8) is 0 Å². The number of hydrogen-bond acceptors (Lipinski definition) is 3. The second-order valence-electron chi connectivity index (χ2n) is 5.21. The summed E-state index contributed by atoms with van der Waals surface area (Å²) in [5, 5.41) is 3.09. The average Bonchev–Trinajstić information content (AvgIpc) is 2.61. The van der Waals surface area contributed by atoms with E-state index >= 15 is 0 Å². The lowest BCUT2D eigenvalue weighted by Gasteiger charge is -2.33. The Labute approximate surface area is 121 Å². The first-order chi connectivity index (χ1) is 9.10. The lowest BCUT2D eigenvalue weighted by molar-refractivity contribution is -0.122. The Morgan fingerprint density at radius 1 is 1.32 bits per heavy atom. The third-order valence-electron chi connectivity index (χ3n) is 3.70. The number of rotatable bonds is 7. The summed E-state index contributed by atoms with van der Waals surface area (Å²) in [6.07, 6.45) is 7.53. The first-order valence-corrected chi connectivity index (χ1v) is 7.70. The van der Waals surface area contributed by atoms with E-state index in [0.717, 1.165) is 32.1 Å². The van der Waals surface area contributed by atoms with E-state index in [1.54, 1.807) is 0 Å². The van der Waals surface area contributed by atoms with Gasteiger partial charge in [0, 0.05) is 19.6 Å². The van der Waals surface area contributed by atoms with Crippen LogP contribution in [-0.2, 0) is 9.53 Å². The summed E-state index contributed by atoms with van der Waals surface area (Å²) in [7, 11) is 0. The van der Waals surface area contributed by atoms with E-state index in [2.05, 4.69) is 5.32 Å². The van der Waals surface area contributed by atoms with E-state index in [1.165, 1.54) is 12.8 Å². The second kappa shape index (κ2) is 8.48. The van der Waals surface area contributed by atoms with Gasteiger partial charge in [-0.1, -0.05) is 37.9 Å². The molecule has 0 heterocycles. The Morgan fingerprint density at radius 2 is 1.95 bits per heavy atom. The van der Waals surface area contributed by atoms with E-state index < -0.39 is 5.54 Å². The molecule has 4 nitrogen and oxygen atoms in total. The lowest BCUT2D eigenvalue weighted by atomic mass is 9.89. The average molecular weight is 286 g/mol. The first kappa shape index (κ1) is 16.4. The zero-order valence-corrected chi connectivity index (χ0v) is 12.7. The van der Waals surface area contributed by atoms with Gasteiger partial charge in [0.05, 0.1) is 10.5 Å². The molecule has 0 aromatic rings. The SMILES string of the molecule is CCOCCCC(=O)NC1(C(N)=S)CCCCCC1. The van der Waals surface area contributed by atoms with Crippen LogP contribution in [0.25, 0.3) is 0 Å². The molecule has 5 heteroatoms. The van der Waals surface area contributed by atoms with Crippen molar-refractivity contribution in [3.8, 4) is 0 Å². The van der Waals surface area contributed by atoms with Gasteiger partial charge < -0.3 is 15.8 Å². The molecule has 1 aliphatic rings. The smallest absolute Gasteiger partial charge is 0.220 e. The highest BCUT2D eigenvalue weighted by Crippen LogP contribution is 2.27. The van der Waals surface area contributed by atoms with Crippen molar-refractivity contribution < 1.29 is 9.53 Å². The Balaban J connectivity index is 2.48. The largest absolute Gasteiger partial charge is 0.391 e. The minimum atomic E-state index is -0.450. The van der Waals surface area contributed by atoms with E-state index in [4.69, 9.17) is 22.7 Å². The number of nitrogens with one attached hydrogen (secondary N) is 1. The van der Waals surface area contributed by atoms with Crippen LogP contribution in [0.15, 0.2) is 0 Å². The molecule has 0 spiro atoms. The van der Waals surface area contributed by atoms with Crippen LogP contribution in [-0.4, -0.2) is 29.6 Å².